The summed E-state index contributed by atoms with van der Waals surface area (Å²) >= 11 is 0. The highest BCUT2D eigenvalue weighted by Gasteiger charge is 2.53. The molecular formula is C23H26N6O2. The number of likely N-dealkylation sites (tertiary alicyclic amines) is 3. The van der Waals surface area contributed by atoms with E-state index in [1.165, 1.54) is 11.1 Å². The van der Waals surface area contributed by atoms with Crippen molar-refractivity contribution in [3.05, 3.63) is 40.7 Å². The van der Waals surface area contributed by atoms with E-state index >= 15 is 0 Å². The molecule has 31 heavy (non-hydrogen) atoms. The molecule has 8 heteroatoms. The summed E-state index contributed by atoms with van der Waals surface area (Å²) in [6, 6.07) is 6.89. The number of piperazine rings is 1. The van der Waals surface area contributed by atoms with Crippen molar-refractivity contribution < 1.29 is 9.59 Å². The molecule has 3 saturated heterocycles. The Kier molecular flexibility index (Phi) is 4.92. The predicted octanol–water partition coefficient (Wildman–Crippen LogP) is 1.35. The summed E-state index contributed by atoms with van der Waals surface area (Å²) in [4.78, 5) is 35.2. The molecule has 8 nitrogen and oxygen atoms in total. The Morgan fingerprint density at radius 2 is 2.19 bits per heavy atom. The van der Waals surface area contributed by atoms with Gasteiger partial charge in [0.05, 0.1) is 30.8 Å². The SMILES string of the molecule is [C-]#[N+]c1ccc2c(c1)CC[C@@H]2N1C(=O)[C@H]2CC1CN2C[C@H](N)C(=O)N1CCC[C@H]1C#N. The number of amides is 2. The molecule has 3 fully saturated rings. The number of nitrogens with two attached hydrogens (primary N) is 1. The van der Waals surface area contributed by atoms with Crippen LogP contribution in [0.5, 0.6) is 0 Å². The smallest absolute Gasteiger partial charge is 0.241 e. The quantitative estimate of drug-likeness (QED) is 0.745. The van der Waals surface area contributed by atoms with Crippen molar-refractivity contribution in [2.24, 2.45) is 5.73 Å². The van der Waals surface area contributed by atoms with E-state index < -0.39 is 6.04 Å². The third-order valence-electron chi connectivity index (χ3n) is 7.39. The van der Waals surface area contributed by atoms with Gasteiger partial charge < -0.3 is 15.5 Å². The maximum absolute atomic E-state index is 13.3. The highest BCUT2D eigenvalue weighted by Crippen LogP contribution is 2.44. The number of nitriles is 1. The molecule has 0 spiro atoms. The molecule has 160 valence electrons. The van der Waals surface area contributed by atoms with E-state index in [0.717, 1.165) is 32.2 Å². The summed E-state index contributed by atoms with van der Waals surface area (Å²) in [5.74, 6) is -0.0597. The van der Waals surface area contributed by atoms with Crippen LogP contribution < -0.4 is 5.73 Å². The molecule has 0 radical (unpaired) electrons. The van der Waals surface area contributed by atoms with E-state index in [1.54, 1.807) is 4.90 Å². The molecule has 1 aliphatic carbocycles. The molecule has 1 unspecified atom stereocenters. The zero-order chi connectivity index (χ0) is 21.7. The van der Waals surface area contributed by atoms with Gasteiger partial charge in [-0.3, -0.25) is 14.5 Å². The van der Waals surface area contributed by atoms with Gasteiger partial charge in [0.25, 0.3) is 0 Å². The lowest BCUT2D eigenvalue weighted by atomic mass is 10.0. The molecule has 2 amide bonds. The van der Waals surface area contributed by atoms with E-state index in [2.05, 4.69) is 15.8 Å². The highest BCUT2D eigenvalue weighted by molar-refractivity contribution is 5.87. The van der Waals surface area contributed by atoms with Crippen LogP contribution in [0.4, 0.5) is 5.69 Å². The Balaban J connectivity index is 1.25. The zero-order valence-electron chi connectivity index (χ0n) is 17.4. The molecule has 2 bridgehead atoms. The van der Waals surface area contributed by atoms with E-state index in [-0.39, 0.29) is 36.0 Å². The van der Waals surface area contributed by atoms with E-state index in [9.17, 15) is 14.9 Å². The lowest BCUT2D eigenvalue weighted by Crippen LogP contribution is -2.56. The Morgan fingerprint density at radius 1 is 1.35 bits per heavy atom. The van der Waals surface area contributed by atoms with Gasteiger partial charge in [0.15, 0.2) is 5.69 Å². The molecule has 3 aliphatic heterocycles. The number of hydrogen-bond donors (Lipinski definition) is 1. The maximum atomic E-state index is 13.3. The van der Waals surface area contributed by atoms with Crippen LogP contribution >= 0.6 is 0 Å². The largest absolute Gasteiger partial charge is 0.330 e. The Morgan fingerprint density at radius 3 is 2.94 bits per heavy atom. The van der Waals surface area contributed by atoms with Crippen LogP contribution in [0.25, 0.3) is 4.85 Å². The molecule has 0 saturated carbocycles. The molecule has 2 N–H and O–H groups in total. The van der Waals surface area contributed by atoms with Crippen molar-refractivity contribution in [2.75, 3.05) is 19.6 Å². The van der Waals surface area contributed by atoms with Gasteiger partial charge in [-0.2, -0.15) is 5.26 Å². The fourth-order valence-electron chi connectivity index (χ4n) is 5.95. The van der Waals surface area contributed by atoms with Gasteiger partial charge >= 0.3 is 0 Å². The first kappa shape index (κ1) is 20.0. The van der Waals surface area contributed by atoms with Crippen molar-refractivity contribution in [1.82, 2.24) is 14.7 Å². The first-order chi connectivity index (χ1) is 15.0. The van der Waals surface area contributed by atoms with Gasteiger partial charge in [-0.15, -0.1) is 0 Å². The number of aryl methyl sites for hydroxylation is 1. The van der Waals surface area contributed by atoms with Gasteiger partial charge in [0.2, 0.25) is 11.8 Å². The van der Waals surface area contributed by atoms with Crippen LogP contribution in [-0.2, 0) is 16.0 Å². The lowest BCUT2D eigenvalue weighted by Gasteiger charge is -2.38. The molecule has 3 heterocycles. The summed E-state index contributed by atoms with van der Waals surface area (Å²) in [7, 11) is 0. The molecule has 5 atom stereocenters. The number of hydrogen-bond acceptors (Lipinski definition) is 5. The average Bonchev–Trinajstić information content (AvgIpc) is 3.55. The van der Waals surface area contributed by atoms with Gasteiger partial charge in [-0.1, -0.05) is 23.8 Å². The number of carbonyl (C=O) groups excluding carboxylic acids is 2. The van der Waals surface area contributed by atoms with Crippen LogP contribution in [0.15, 0.2) is 18.2 Å². The minimum atomic E-state index is -0.714. The van der Waals surface area contributed by atoms with E-state index in [0.29, 0.717) is 25.2 Å². The van der Waals surface area contributed by atoms with Crippen LogP contribution in [0.3, 0.4) is 0 Å². The second-order valence-electron chi connectivity index (χ2n) is 9.08. The highest BCUT2D eigenvalue weighted by atomic mass is 16.2. The average molecular weight is 419 g/mol. The van der Waals surface area contributed by atoms with Crippen LogP contribution in [0.2, 0.25) is 0 Å². The normalized spacial score (nSPS) is 30.4. The first-order valence-electron chi connectivity index (χ1n) is 11.0. The molecule has 4 aliphatic rings. The molecule has 1 aromatic carbocycles. The van der Waals surface area contributed by atoms with Gasteiger partial charge in [-0.05, 0) is 37.7 Å². The number of rotatable bonds is 4. The van der Waals surface area contributed by atoms with Gasteiger partial charge in [0, 0.05) is 25.7 Å². The van der Waals surface area contributed by atoms with E-state index in [4.69, 9.17) is 12.3 Å². The first-order valence-corrected chi connectivity index (χ1v) is 11.0. The maximum Gasteiger partial charge on any atom is 0.241 e. The Labute approximate surface area is 182 Å². The van der Waals surface area contributed by atoms with Gasteiger partial charge in [-0.25, -0.2) is 4.85 Å². The fraction of sp³-hybridized carbons (Fsp3) is 0.565. The van der Waals surface area contributed by atoms with Crippen LogP contribution in [0, 0.1) is 17.9 Å². The predicted molar refractivity (Wildman–Crippen MR) is 113 cm³/mol. The number of carbonyl (C=O) groups is 2. The Hall–Kier alpha value is -2.94. The number of benzene rings is 1. The van der Waals surface area contributed by atoms with Crippen molar-refractivity contribution in [1.29, 1.82) is 5.26 Å². The summed E-state index contributed by atoms with van der Waals surface area (Å²) in [6.07, 6.45) is 4.10. The van der Waals surface area contributed by atoms with Crippen LogP contribution in [-0.4, -0.2) is 70.3 Å². The summed E-state index contributed by atoms with van der Waals surface area (Å²) in [6.45, 7) is 8.87. The summed E-state index contributed by atoms with van der Waals surface area (Å²) in [5, 5.41) is 9.24. The second kappa shape index (κ2) is 7.64. The third-order valence-corrected chi connectivity index (χ3v) is 7.39. The number of fused-ring (bicyclic) bond motifs is 3. The molecule has 1 aromatic rings. The van der Waals surface area contributed by atoms with Crippen molar-refractivity contribution in [2.45, 2.75) is 62.3 Å². The second-order valence-corrected chi connectivity index (χ2v) is 9.08. The summed E-state index contributed by atoms with van der Waals surface area (Å²) in [5.41, 5.74) is 9.22. The monoisotopic (exact) mass is 418 g/mol. The fourth-order valence-corrected chi connectivity index (χ4v) is 5.95. The minimum Gasteiger partial charge on any atom is -0.330 e. The van der Waals surface area contributed by atoms with Gasteiger partial charge in [0.1, 0.15) is 6.04 Å². The Bertz CT molecular complexity index is 1010. The zero-order valence-corrected chi connectivity index (χ0v) is 17.4. The summed E-state index contributed by atoms with van der Waals surface area (Å²) < 4.78 is 0. The van der Waals surface area contributed by atoms with E-state index in [1.807, 2.05) is 23.1 Å². The minimum absolute atomic E-state index is 0.0794. The van der Waals surface area contributed by atoms with Crippen molar-refractivity contribution in [3.63, 3.8) is 0 Å². The van der Waals surface area contributed by atoms with Crippen molar-refractivity contribution >= 4 is 17.5 Å². The van der Waals surface area contributed by atoms with Crippen molar-refractivity contribution in [3.8, 4) is 6.07 Å². The molecule has 0 aromatic heterocycles. The lowest BCUT2D eigenvalue weighted by molar-refractivity contribution is -0.141. The van der Waals surface area contributed by atoms with Crippen LogP contribution in [0.1, 0.15) is 42.9 Å². The molecule has 5 rings (SSSR count). The standard InChI is InChI=1S/C23H26N6O2/c1-26-15-5-6-18-14(9-15)4-7-20(18)29-17-10-21(23(29)31)27(12-17)13-19(25)22(30)28-8-2-3-16(28)11-24/h5-6,9,16-17,19-21H,2-4,7-8,10,12-13,25H2/t16-,17?,19-,20-,21+/m0/s1. The topological polar surface area (TPSA) is 98.0 Å². The third kappa shape index (κ3) is 3.18. The molecular weight excluding hydrogens is 392 g/mol. The number of nitrogens with zero attached hydrogens (tertiary/aromatic N) is 5.